The Bertz CT molecular complexity index is 554. The summed E-state index contributed by atoms with van der Waals surface area (Å²) in [4.78, 5) is 5.79. The number of hydrogen-bond acceptors (Lipinski definition) is 3. The van der Waals surface area contributed by atoms with Gasteiger partial charge in [-0.25, -0.2) is 4.98 Å². The fourth-order valence-electron chi connectivity index (χ4n) is 2.68. The predicted octanol–water partition coefficient (Wildman–Crippen LogP) is 3.93. The van der Waals surface area contributed by atoms with Gasteiger partial charge in [-0.15, -0.1) is 11.3 Å². The van der Waals surface area contributed by atoms with Crippen LogP contribution in [0.4, 0.5) is 5.13 Å². The van der Waals surface area contributed by atoms with Crippen LogP contribution < -0.4 is 5.73 Å². The molecule has 2 N–H and O–H groups in total. The standard InChI is InChI=1S/C15H18N2S/c1-9(2)10-3-5-11(6-4-10)12-7-8-13-14(12)18-15(16)17-13/h3-6,9,12H,7-8H2,1-2H3,(H2,16,17). The number of benzene rings is 1. The van der Waals surface area contributed by atoms with Gasteiger partial charge in [-0.05, 0) is 29.9 Å². The summed E-state index contributed by atoms with van der Waals surface area (Å²) in [5, 5.41) is 0.712. The molecular weight excluding hydrogens is 240 g/mol. The van der Waals surface area contributed by atoms with E-state index in [2.05, 4.69) is 43.1 Å². The molecule has 0 amide bonds. The lowest BCUT2D eigenvalue weighted by atomic mass is 9.95. The van der Waals surface area contributed by atoms with Crippen molar-refractivity contribution in [2.24, 2.45) is 0 Å². The molecule has 1 heterocycles. The summed E-state index contributed by atoms with van der Waals surface area (Å²) < 4.78 is 0. The first kappa shape index (κ1) is 11.7. The number of nitrogen functional groups attached to an aromatic ring is 1. The smallest absolute Gasteiger partial charge is 0.180 e. The molecule has 1 aliphatic rings. The highest BCUT2D eigenvalue weighted by atomic mass is 32.1. The summed E-state index contributed by atoms with van der Waals surface area (Å²) in [5.41, 5.74) is 9.83. The van der Waals surface area contributed by atoms with Crippen molar-refractivity contribution in [1.29, 1.82) is 0 Å². The SMILES string of the molecule is CC(C)c1ccc(C2CCc3nc(N)sc32)cc1. The van der Waals surface area contributed by atoms with Gasteiger partial charge in [-0.3, -0.25) is 0 Å². The van der Waals surface area contributed by atoms with E-state index in [1.165, 1.54) is 28.1 Å². The van der Waals surface area contributed by atoms with Gasteiger partial charge in [-0.1, -0.05) is 38.1 Å². The Morgan fingerprint density at radius 1 is 1.28 bits per heavy atom. The first-order chi connectivity index (χ1) is 8.65. The van der Waals surface area contributed by atoms with Crippen LogP contribution in [0.3, 0.4) is 0 Å². The summed E-state index contributed by atoms with van der Waals surface area (Å²) >= 11 is 1.66. The predicted molar refractivity (Wildman–Crippen MR) is 77.2 cm³/mol. The Morgan fingerprint density at radius 2 is 2.00 bits per heavy atom. The van der Waals surface area contributed by atoms with Gasteiger partial charge in [0.15, 0.2) is 5.13 Å². The Balaban J connectivity index is 1.92. The molecule has 18 heavy (non-hydrogen) atoms. The van der Waals surface area contributed by atoms with Crippen molar-refractivity contribution in [2.75, 3.05) is 5.73 Å². The highest BCUT2D eigenvalue weighted by Gasteiger charge is 2.27. The fourth-order valence-corrected chi connectivity index (χ4v) is 3.72. The molecule has 2 aromatic rings. The third kappa shape index (κ3) is 1.93. The minimum atomic E-state index is 0.510. The molecule has 1 atom stereocenters. The van der Waals surface area contributed by atoms with E-state index in [1.54, 1.807) is 11.3 Å². The number of anilines is 1. The minimum absolute atomic E-state index is 0.510. The van der Waals surface area contributed by atoms with Crippen LogP contribution in [0.15, 0.2) is 24.3 Å². The lowest BCUT2D eigenvalue weighted by molar-refractivity contribution is 0.787. The van der Waals surface area contributed by atoms with E-state index in [9.17, 15) is 0 Å². The van der Waals surface area contributed by atoms with Gasteiger partial charge in [0.1, 0.15) is 0 Å². The van der Waals surface area contributed by atoms with Gasteiger partial charge in [0.05, 0.1) is 5.69 Å². The highest BCUT2D eigenvalue weighted by Crippen LogP contribution is 2.42. The van der Waals surface area contributed by atoms with Crippen molar-refractivity contribution in [3.8, 4) is 0 Å². The minimum Gasteiger partial charge on any atom is -0.375 e. The first-order valence-electron chi connectivity index (χ1n) is 6.50. The molecule has 1 aromatic carbocycles. The third-order valence-electron chi connectivity index (χ3n) is 3.74. The molecule has 1 unspecified atom stereocenters. The van der Waals surface area contributed by atoms with Crippen LogP contribution in [0.2, 0.25) is 0 Å². The monoisotopic (exact) mass is 258 g/mol. The average Bonchev–Trinajstić information content (AvgIpc) is 2.88. The van der Waals surface area contributed by atoms with Crippen molar-refractivity contribution < 1.29 is 0 Å². The quantitative estimate of drug-likeness (QED) is 0.886. The number of rotatable bonds is 2. The Kier molecular flexibility index (Phi) is 2.86. The number of nitrogens with zero attached hydrogens (tertiary/aromatic N) is 1. The van der Waals surface area contributed by atoms with E-state index in [4.69, 9.17) is 5.73 Å². The van der Waals surface area contributed by atoms with Gasteiger partial charge in [-0.2, -0.15) is 0 Å². The largest absolute Gasteiger partial charge is 0.375 e. The molecule has 0 bridgehead atoms. The third-order valence-corrected chi connectivity index (χ3v) is 4.78. The van der Waals surface area contributed by atoms with Crippen LogP contribution in [0.25, 0.3) is 0 Å². The molecule has 3 heteroatoms. The van der Waals surface area contributed by atoms with Crippen LogP contribution in [0.1, 0.15) is 53.8 Å². The molecule has 0 fully saturated rings. The average molecular weight is 258 g/mol. The Labute approximate surface area is 112 Å². The number of aromatic nitrogens is 1. The maximum Gasteiger partial charge on any atom is 0.180 e. The van der Waals surface area contributed by atoms with E-state index in [0.29, 0.717) is 17.0 Å². The molecule has 2 nitrogen and oxygen atoms in total. The highest BCUT2D eigenvalue weighted by molar-refractivity contribution is 7.15. The molecule has 3 rings (SSSR count). The normalized spacial score (nSPS) is 18.3. The first-order valence-corrected chi connectivity index (χ1v) is 7.31. The molecule has 0 spiro atoms. The number of fused-ring (bicyclic) bond motifs is 1. The van der Waals surface area contributed by atoms with Crippen molar-refractivity contribution in [3.63, 3.8) is 0 Å². The van der Waals surface area contributed by atoms with Gasteiger partial charge in [0.25, 0.3) is 0 Å². The van der Waals surface area contributed by atoms with Gasteiger partial charge >= 0.3 is 0 Å². The van der Waals surface area contributed by atoms with Gasteiger partial charge < -0.3 is 5.73 Å². The summed E-state index contributed by atoms with van der Waals surface area (Å²) in [5.74, 6) is 1.10. The van der Waals surface area contributed by atoms with Crippen LogP contribution in [0.5, 0.6) is 0 Å². The number of aryl methyl sites for hydroxylation is 1. The molecular formula is C15H18N2S. The second kappa shape index (κ2) is 4.39. The number of nitrogens with two attached hydrogens (primary N) is 1. The van der Waals surface area contributed by atoms with Crippen LogP contribution in [-0.4, -0.2) is 4.98 Å². The summed E-state index contributed by atoms with van der Waals surface area (Å²) in [7, 11) is 0. The Morgan fingerprint density at radius 3 is 2.67 bits per heavy atom. The van der Waals surface area contributed by atoms with Crippen molar-refractivity contribution in [1.82, 2.24) is 4.98 Å². The maximum absolute atomic E-state index is 5.80. The maximum atomic E-state index is 5.80. The van der Waals surface area contributed by atoms with Crippen molar-refractivity contribution >= 4 is 16.5 Å². The van der Waals surface area contributed by atoms with Gasteiger partial charge in [0.2, 0.25) is 0 Å². The van der Waals surface area contributed by atoms with E-state index < -0.39 is 0 Å². The lowest BCUT2D eigenvalue weighted by Crippen LogP contribution is -1.95. The molecule has 1 aromatic heterocycles. The molecule has 94 valence electrons. The van der Waals surface area contributed by atoms with Crippen molar-refractivity contribution in [3.05, 3.63) is 46.0 Å². The Hall–Kier alpha value is -1.35. The molecule has 1 aliphatic carbocycles. The molecule has 0 radical (unpaired) electrons. The zero-order valence-electron chi connectivity index (χ0n) is 10.8. The second-order valence-corrected chi connectivity index (χ2v) is 6.34. The van der Waals surface area contributed by atoms with E-state index in [-0.39, 0.29) is 0 Å². The number of hydrogen-bond donors (Lipinski definition) is 1. The van der Waals surface area contributed by atoms with E-state index >= 15 is 0 Å². The summed E-state index contributed by atoms with van der Waals surface area (Å²) in [6.07, 6.45) is 2.25. The molecule has 0 saturated carbocycles. The molecule has 0 aliphatic heterocycles. The van der Waals surface area contributed by atoms with Crippen LogP contribution in [-0.2, 0) is 6.42 Å². The van der Waals surface area contributed by atoms with Crippen LogP contribution in [0, 0.1) is 0 Å². The zero-order valence-corrected chi connectivity index (χ0v) is 11.6. The second-order valence-electron chi connectivity index (χ2n) is 5.28. The fraction of sp³-hybridized carbons (Fsp3) is 0.400. The summed E-state index contributed by atoms with van der Waals surface area (Å²) in [6, 6.07) is 9.04. The van der Waals surface area contributed by atoms with Crippen LogP contribution >= 0.6 is 11.3 Å². The molecule has 0 saturated heterocycles. The topological polar surface area (TPSA) is 38.9 Å². The lowest BCUT2D eigenvalue weighted by Gasteiger charge is -2.12. The number of thiazole rings is 1. The van der Waals surface area contributed by atoms with E-state index in [1.807, 2.05) is 0 Å². The summed E-state index contributed by atoms with van der Waals surface area (Å²) in [6.45, 7) is 4.46. The van der Waals surface area contributed by atoms with E-state index in [0.717, 1.165) is 6.42 Å². The zero-order chi connectivity index (χ0) is 12.7. The van der Waals surface area contributed by atoms with Crippen molar-refractivity contribution in [2.45, 2.75) is 38.5 Å². The van der Waals surface area contributed by atoms with Gasteiger partial charge in [0, 0.05) is 10.8 Å².